The third-order valence-electron chi connectivity index (χ3n) is 5.30. The zero-order valence-corrected chi connectivity index (χ0v) is 20.8. The van der Waals surface area contributed by atoms with Crippen LogP contribution in [0.3, 0.4) is 0 Å². The number of carbonyl (C=O) groups excluding carboxylic acids is 1. The first kappa shape index (κ1) is 24.8. The van der Waals surface area contributed by atoms with Crippen molar-refractivity contribution in [2.24, 2.45) is 4.99 Å². The van der Waals surface area contributed by atoms with Crippen LogP contribution in [0.15, 0.2) is 59.6 Å². The molecule has 2 aromatic rings. The van der Waals surface area contributed by atoms with Crippen molar-refractivity contribution >= 4 is 41.5 Å². The number of carbonyl (C=O) groups is 1. The van der Waals surface area contributed by atoms with Gasteiger partial charge in [-0.15, -0.1) is 24.0 Å². The van der Waals surface area contributed by atoms with Crippen LogP contribution < -0.4 is 15.0 Å². The number of halogens is 1. The number of hydrogen-bond acceptors (Lipinski definition) is 4. The van der Waals surface area contributed by atoms with Crippen molar-refractivity contribution in [1.82, 2.24) is 15.1 Å². The molecule has 31 heavy (non-hydrogen) atoms. The molecule has 1 aliphatic rings. The summed E-state index contributed by atoms with van der Waals surface area (Å²) in [4.78, 5) is 23.2. The number of nitrogens with zero attached hydrogens (tertiary/aromatic N) is 4. The fourth-order valence-corrected chi connectivity index (χ4v) is 3.58. The first-order valence-electron chi connectivity index (χ1n) is 10.2. The molecule has 0 aliphatic carbocycles. The molecule has 0 unspecified atom stereocenters. The lowest BCUT2D eigenvalue weighted by atomic mass is 10.2. The third-order valence-corrected chi connectivity index (χ3v) is 5.30. The van der Waals surface area contributed by atoms with E-state index in [0.717, 1.165) is 37.5 Å². The highest BCUT2D eigenvalue weighted by molar-refractivity contribution is 14.0. The van der Waals surface area contributed by atoms with Gasteiger partial charge in [0.25, 0.3) is 0 Å². The molecule has 3 rings (SSSR count). The summed E-state index contributed by atoms with van der Waals surface area (Å²) in [5.74, 6) is 1.63. The lowest BCUT2D eigenvalue weighted by Gasteiger charge is -2.36. The standard InChI is InChI=1S/C23H31N5O2.HI/c1-24-23(26(2)18-19-9-11-21(30-3)12-10-19)25-17-22(29)28-15-13-27(14-16-28)20-7-5-4-6-8-20;/h4-12H,13-18H2,1-3H3,(H,24,25);1H. The number of methoxy groups -OCH3 is 1. The molecule has 0 atom stereocenters. The number of nitrogens with one attached hydrogen (secondary N) is 1. The molecule has 2 aromatic carbocycles. The van der Waals surface area contributed by atoms with Crippen LogP contribution >= 0.6 is 24.0 Å². The molecule has 1 fully saturated rings. The highest BCUT2D eigenvalue weighted by Crippen LogP contribution is 2.15. The first-order chi connectivity index (χ1) is 14.6. The van der Waals surface area contributed by atoms with Gasteiger partial charge in [-0.2, -0.15) is 0 Å². The average Bonchev–Trinajstić information content (AvgIpc) is 2.80. The number of para-hydroxylation sites is 1. The summed E-state index contributed by atoms with van der Waals surface area (Å²) in [6, 6.07) is 18.3. The van der Waals surface area contributed by atoms with Gasteiger partial charge in [-0.05, 0) is 29.8 Å². The Hall–Kier alpha value is -2.49. The average molecular weight is 537 g/mol. The number of piperazine rings is 1. The maximum atomic E-state index is 12.7. The van der Waals surface area contributed by atoms with Crippen LogP contribution in [0.25, 0.3) is 0 Å². The van der Waals surface area contributed by atoms with Gasteiger partial charge in [0, 0.05) is 52.5 Å². The fraction of sp³-hybridized carbons (Fsp3) is 0.391. The Bertz CT molecular complexity index is 837. The quantitative estimate of drug-likeness (QED) is 0.349. The Balaban J connectivity index is 0.00000341. The fourth-order valence-electron chi connectivity index (χ4n) is 3.58. The van der Waals surface area contributed by atoms with E-state index in [1.165, 1.54) is 5.69 Å². The van der Waals surface area contributed by atoms with Crippen LogP contribution in [0.4, 0.5) is 5.69 Å². The molecule has 1 aliphatic heterocycles. The van der Waals surface area contributed by atoms with Crippen LogP contribution in [0, 0.1) is 0 Å². The minimum absolute atomic E-state index is 0. The minimum Gasteiger partial charge on any atom is -0.497 e. The summed E-state index contributed by atoms with van der Waals surface area (Å²) >= 11 is 0. The number of guanidine groups is 1. The maximum absolute atomic E-state index is 12.7. The lowest BCUT2D eigenvalue weighted by Crippen LogP contribution is -2.52. The van der Waals surface area contributed by atoms with Crippen LogP contribution in [-0.4, -0.2) is 75.6 Å². The van der Waals surface area contributed by atoms with Gasteiger partial charge in [0.1, 0.15) is 5.75 Å². The van der Waals surface area contributed by atoms with Gasteiger partial charge >= 0.3 is 0 Å². The van der Waals surface area contributed by atoms with Gasteiger partial charge in [0.15, 0.2) is 5.96 Å². The van der Waals surface area contributed by atoms with Gasteiger partial charge < -0.3 is 24.8 Å². The van der Waals surface area contributed by atoms with E-state index in [1.54, 1.807) is 14.2 Å². The molecule has 0 radical (unpaired) electrons. The van der Waals surface area contributed by atoms with Crippen LogP contribution in [0.1, 0.15) is 5.56 Å². The van der Waals surface area contributed by atoms with Gasteiger partial charge in [-0.3, -0.25) is 9.79 Å². The van der Waals surface area contributed by atoms with Gasteiger partial charge in [0.05, 0.1) is 13.7 Å². The van der Waals surface area contributed by atoms with Gasteiger partial charge in [-0.25, -0.2) is 0 Å². The molecule has 1 amide bonds. The van der Waals surface area contributed by atoms with E-state index in [-0.39, 0.29) is 36.4 Å². The Morgan fingerprint density at radius 3 is 2.29 bits per heavy atom. The Kier molecular flexibility index (Phi) is 9.90. The van der Waals surface area contributed by atoms with E-state index >= 15 is 0 Å². The lowest BCUT2D eigenvalue weighted by molar-refractivity contribution is -0.130. The number of rotatable bonds is 6. The van der Waals surface area contributed by atoms with Crippen LogP contribution in [-0.2, 0) is 11.3 Å². The number of benzene rings is 2. The van der Waals surface area contributed by atoms with Crippen molar-refractivity contribution < 1.29 is 9.53 Å². The second kappa shape index (κ2) is 12.4. The van der Waals surface area contributed by atoms with Crippen molar-refractivity contribution in [3.05, 3.63) is 60.2 Å². The predicted octanol–water partition coefficient (Wildman–Crippen LogP) is 2.67. The normalized spacial score (nSPS) is 14.0. The summed E-state index contributed by atoms with van der Waals surface area (Å²) in [7, 11) is 5.35. The van der Waals surface area contributed by atoms with E-state index < -0.39 is 0 Å². The van der Waals surface area contributed by atoms with Crippen molar-refractivity contribution in [3.63, 3.8) is 0 Å². The first-order valence-corrected chi connectivity index (χ1v) is 10.2. The molecule has 1 N–H and O–H groups in total. The minimum atomic E-state index is 0. The van der Waals surface area contributed by atoms with Crippen molar-refractivity contribution in [2.75, 3.05) is 58.8 Å². The van der Waals surface area contributed by atoms with Gasteiger partial charge in [0.2, 0.25) is 5.91 Å². The molecule has 168 valence electrons. The molecule has 7 nitrogen and oxygen atoms in total. The zero-order valence-electron chi connectivity index (χ0n) is 18.5. The summed E-state index contributed by atoms with van der Waals surface area (Å²) in [6.07, 6.45) is 0. The molecular weight excluding hydrogens is 505 g/mol. The molecule has 8 heteroatoms. The second-order valence-corrected chi connectivity index (χ2v) is 7.31. The molecule has 1 saturated heterocycles. The molecule has 0 aromatic heterocycles. The van der Waals surface area contributed by atoms with Crippen molar-refractivity contribution in [2.45, 2.75) is 6.54 Å². The monoisotopic (exact) mass is 537 g/mol. The molecular formula is C23H32IN5O2. The second-order valence-electron chi connectivity index (χ2n) is 7.31. The highest BCUT2D eigenvalue weighted by atomic mass is 127. The molecule has 0 bridgehead atoms. The van der Waals surface area contributed by atoms with Crippen LogP contribution in [0.5, 0.6) is 5.75 Å². The number of hydrogen-bond donors (Lipinski definition) is 1. The number of amides is 1. The molecule has 0 spiro atoms. The van der Waals surface area contributed by atoms with E-state index in [9.17, 15) is 4.79 Å². The van der Waals surface area contributed by atoms with E-state index in [0.29, 0.717) is 12.5 Å². The molecule has 0 saturated carbocycles. The summed E-state index contributed by atoms with van der Waals surface area (Å²) in [5.41, 5.74) is 2.35. The Morgan fingerprint density at radius 2 is 1.71 bits per heavy atom. The highest BCUT2D eigenvalue weighted by Gasteiger charge is 2.21. The maximum Gasteiger partial charge on any atom is 0.242 e. The summed E-state index contributed by atoms with van der Waals surface area (Å²) in [5, 5.41) is 3.20. The number of ether oxygens (including phenoxy) is 1. The topological polar surface area (TPSA) is 60.4 Å². The van der Waals surface area contributed by atoms with Crippen molar-refractivity contribution in [1.29, 1.82) is 0 Å². The van der Waals surface area contributed by atoms with E-state index in [1.807, 2.05) is 59.3 Å². The predicted molar refractivity (Wildman–Crippen MR) is 136 cm³/mol. The third kappa shape index (κ3) is 7.02. The number of aliphatic imine (C=N–C) groups is 1. The SMILES string of the molecule is CN=C(NCC(=O)N1CCN(c2ccccc2)CC1)N(C)Cc1ccc(OC)cc1.I. The zero-order chi connectivity index (χ0) is 21.3. The van der Waals surface area contributed by atoms with E-state index in [2.05, 4.69) is 27.3 Å². The smallest absolute Gasteiger partial charge is 0.242 e. The van der Waals surface area contributed by atoms with Crippen molar-refractivity contribution in [3.8, 4) is 5.75 Å². The summed E-state index contributed by atoms with van der Waals surface area (Å²) in [6.45, 7) is 4.09. The van der Waals surface area contributed by atoms with Gasteiger partial charge in [-0.1, -0.05) is 30.3 Å². The summed E-state index contributed by atoms with van der Waals surface area (Å²) < 4.78 is 5.20. The Morgan fingerprint density at radius 1 is 1.06 bits per heavy atom. The van der Waals surface area contributed by atoms with E-state index in [4.69, 9.17) is 4.74 Å². The van der Waals surface area contributed by atoms with Crippen LogP contribution in [0.2, 0.25) is 0 Å². The number of anilines is 1. The molecule has 1 heterocycles. The Labute approximate surface area is 202 Å². The largest absolute Gasteiger partial charge is 0.497 e.